The van der Waals surface area contributed by atoms with E-state index in [0.717, 1.165) is 5.56 Å². The van der Waals surface area contributed by atoms with Crippen LogP contribution in [0.2, 0.25) is 0 Å². The van der Waals surface area contributed by atoms with Gasteiger partial charge in [-0.25, -0.2) is 4.68 Å². The van der Waals surface area contributed by atoms with Crippen LogP contribution in [0.4, 0.5) is 0 Å². The van der Waals surface area contributed by atoms with E-state index in [0.29, 0.717) is 11.5 Å². The normalized spacial score (nSPS) is 9.40. The van der Waals surface area contributed by atoms with Crippen LogP contribution in [0.25, 0.3) is 0 Å². The summed E-state index contributed by atoms with van der Waals surface area (Å²) in [5.41, 5.74) is 1.14. The molecule has 72 valence electrons. The maximum absolute atomic E-state index is 7.86. The predicted molar refractivity (Wildman–Crippen MR) is 52.3 cm³/mol. The number of hydrogen-bond acceptors (Lipinski definition) is 4. The maximum Gasteiger partial charge on any atom is 1.00 e. The second-order valence-corrected chi connectivity index (χ2v) is 2.87. The van der Waals surface area contributed by atoms with Gasteiger partial charge in [-0.05, 0) is 10.4 Å². The Hall–Kier alpha value is -1.04. The molecule has 0 aliphatic heterocycles. The minimum Gasteiger partial charge on any atom is -1.00 e. The van der Waals surface area contributed by atoms with Gasteiger partial charge in [0.15, 0.2) is 5.82 Å². The van der Waals surface area contributed by atoms with Gasteiger partial charge < -0.3 is 1.43 Å². The molecule has 1 heterocycles. The molecule has 0 aliphatic carbocycles. The third-order valence-electron chi connectivity index (χ3n) is 1.91. The minimum atomic E-state index is 0. The Morgan fingerprint density at radius 3 is 2.53 bits per heavy atom. The molecule has 1 aromatic heterocycles. The van der Waals surface area contributed by atoms with E-state index in [4.69, 9.17) is 5.41 Å². The molecule has 0 atom stereocenters. The zero-order valence-corrected chi connectivity index (χ0v) is 10.7. The first-order chi connectivity index (χ1) is 6.79. The van der Waals surface area contributed by atoms with Gasteiger partial charge >= 0.3 is 29.6 Å². The summed E-state index contributed by atoms with van der Waals surface area (Å²) in [6.45, 7) is 0. The Labute approximate surface area is 111 Å². The zero-order valence-electron chi connectivity index (χ0n) is 9.68. The predicted octanol–water partition coefficient (Wildman–Crippen LogP) is -2.26. The summed E-state index contributed by atoms with van der Waals surface area (Å²) in [5, 5.41) is 18.8. The number of aryl methyl sites for hydroxylation is 1. The van der Waals surface area contributed by atoms with E-state index in [1.807, 2.05) is 30.3 Å². The van der Waals surface area contributed by atoms with Gasteiger partial charge in [0.05, 0.1) is 0 Å². The van der Waals surface area contributed by atoms with Gasteiger partial charge in [-0.2, -0.15) is 0 Å². The van der Waals surface area contributed by atoms with Crippen molar-refractivity contribution in [3.63, 3.8) is 0 Å². The molecule has 0 saturated carbocycles. The van der Waals surface area contributed by atoms with E-state index in [1.54, 1.807) is 7.05 Å². The van der Waals surface area contributed by atoms with Crippen molar-refractivity contribution in [2.45, 2.75) is 0 Å². The SMILES string of the molecule is Cn1nnnc1C(=N)c1ccccc1.[H-].[Na+]. The summed E-state index contributed by atoms with van der Waals surface area (Å²) < 4.78 is 1.48. The molecule has 0 fully saturated rings. The number of tetrazole rings is 1. The fourth-order valence-corrected chi connectivity index (χ4v) is 1.18. The van der Waals surface area contributed by atoms with Gasteiger partial charge in [0, 0.05) is 12.6 Å². The van der Waals surface area contributed by atoms with Crippen LogP contribution in [-0.2, 0) is 7.05 Å². The number of hydrogen-bond donors (Lipinski definition) is 1. The van der Waals surface area contributed by atoms with Crippen LogP contribution in [0.5, 0.6) is 0 Å². The third kappa shape index (κ3) is 2.50. The van der Waals surface area contributed by atoms with E-state index in [1.165, 1.54) is 4.68 Å². The van der Waals surface area contributed by atoms with E-state index >= 15 is 0 Å². The molecular weight excluding hydrogens is 201 g/mol. The molecular formula is C9H10N5Na. The summed E-state index contributed by atoms with van der Waals surface area (Å²) in [7, 11) is 1.72. The monoisotopic (exact) mass is 211 g/mol. The quantitative estimate of drug-likeness (QED) is 0.450. The third-order valence-corrected chi connectivity index (χ3v) is 1.91. The molecule has 0 aliphatic rings. The van der Waals surface area contributed by atoms with E-state index in [2.05, 4.69) is 15.5 Å². The van der Waals surface area contributed by atoms with Crippen LogP contribution in [0.3, 0.4) is 0 Å². The minimum absolute atomic E-state index is 0. The van der Waals surface area contributed by atoms with Crippen molar-refractivity contribution in [3.05, 3.63) is 41.7 Å². The van der Waals surface area contributed by atoms with Gasteiger partial charge in [0.25, 0.3) is 0 Å². The first kappa shape index (κ1) is 12.0. The molecule has 0 spiro atoms. The topological polar surface area (TPSA) is 67.5 Å². The number of nitrogens with one attached hydrogen (secondary N) is 1. The Morgan fingerprint density at radius 2 is 2.00 bits per heavy atom. The second-order valence-electron chi connectivity index (χ2n) is 2.87. The fraction of sp³-hybridized carbons (Fsp3) is 0.111. The fourth-order valence-electron chi connectivity index (χ4n) is 1.18. The van der Waals surface area contributed by atoms with Gasteiger partial charge in [0.2, 0.25) is 0 Å². The van der Waals surface area contributed by atoms with Crippen molar-refractivity contribution < 1.29 is 31.0 Å². The molecule has 1 aromatic carbocycles. The molecule has 15 heavy (non-hydrogen) atoms. The maximum atomic E-state index is 7.86. The number of nitrogens with zero attached hydrogens (tertiary/aromatic N) is 4. The summed E-state index contributed by atoms with van der Waals surface area (Å²) >= 11 is 0. The van der Waals surface area contributed by atoms with Crippen LogP contribution in [0.15, 0.2) is 30.3 Å². The van der Waals surface area contributed by atoms with Crippen molar-refractivity contribution in [3.8, 4) is 0 Å². The van der Waals surface area contributed by atoms with Crippen molar-refractivity contribution in [2.24, 2.45) is 7.05 Å². The summed E-state index contributed by atoms with van der Waals surface area (Å²) in [5.74, 6) is 0.469. The van der Waals surface area contributed by atoms with E-state index < -0.39 is 0 Å². The van der Waals surface area contributed by atoms with Crippen molar-refractivity contribution in [2.75, 3.05) is 0 Å². The first-order valence-corrected chi connectivity index (χ1v) is 4.16. The molecule has 0 unspecified atom stereocenters. The van der Waals surface area contributed by atoms with Gasteiger partial charge in [0.1, 0.15) is 5.71 Å². The Balaban J connectivity index is 0.00000112. The standard InChI is InChI=1S/C9H9N5.Na.H/c1-14-9(11-12-13-14)8(10)7-5-3-2-4-6-7;;/h2-6,10H,1H3;;/q;+1;-1. The smallest absolute Gasteiger partial charge is 1.00 e. The van der Waals surface area contributed by atoms with Crippen LogP contribution in [0, 0.1) is 5.41 Å². The van der Waals surface area contributed by atoms with E-state index in [9.17, 15) is 0 Å². The molecule has 1 N–H and O–H groups in total. The summed E-state index contributed by atoms with van der Waals surface area (Å²) in [6, 6.07) is 9.39. The van der Waals surface area contributed by atoms with Crippen molar-refractivity contribution >= 4 is 5.71 Å². The van der Waals surface area contributed by atoms with Crippen molar-refractivity contribution in [1.82, 2.24) is 20.2 Å². The molecule has 0 bridgehead atoms. The van der Waals surface area contributed by atoms with Crippen LogP contribution >= 0.6 is 0 Å². The molecule has 6 heteroatoms. The molecule has 5 nitrogen and oxygen atoms in total. The van der Waals surface area contributed by atoms with Gasteiger partial charge in [-0.15, -0.1) is 5.10 Å². The largest absolute Gasteiger partial charge is 1.00 e. The molecule has 2 rings (SSSR count). The van der Waals surface area contributed by atoms with Crippen molar-refractivity contribution in [1.29, 1.82) is 5.41 Å². The average molecular weight is 211 g/mol. The van der Waals surface area contributed by atoms with E-state index in [-0.39, 0.29) is 31.0 Å². The Morgan fingerprint density at radius 1 is 1.33 bits per heavy atom. The number of rotatable bonds is 2. The summed E-state index contributed by atoms with van der Waals surface area (Å²) in [4.78, 5) is 0. The average Bonchev–Trinajstić information content (AvgIpc) is 2.65. The molecule has 0 saturated heterocycles. The van der Waals surface area contributed by atoms with Gasteiger partial charge in [-0.1, -0.05) is 30.3 Å². The Kier molecular flexibility index (Phi) is 4.14. The van der Waals surface area contributed by atoms with Crippen LogP contribution in [-0.4, -0.2) is 25.9 Å². The van der Waals surface area contributed by atoms with Crippen LogP contribution in [0.1, 0.15) is 12.8 Å². The number of aromatic nitrogens is 4. The number of benzene rings is 1. The first-order valence-electron chi connectivity index (χ1n) is 4.16. The summed E-state index contributed by atoms with van der Waals surface area (Å²) in [6.07, 6.45) is 0. The van der Waals surface area contributed by atoms with Gasteiger partial charge in [-0.3, -0.25) is 5.41 Å². The van der Waals surface area contributed by atoms with Crippen LogP contribution < -0.4 is 29.6 Å². The molecule has 0 amide bonds. The zero-order chi connectivity index (χ0) is 9.97. The second kappa shape index (κ2) is 5.16. The molecule has 2 aromatic rings. The Bertz CT molecular complexity index is 456. The molecule has 0 radical (unpaired) electrons.